The van der Waals surface area contributed by atoms with Gasteiger partial charge in [0.2, 0.25) is 5.95 Å². The van der Waals surface area contributed by atoms with Gasteiger partial charge in [-0.05, 0) is 30.3 Å². The predicted molar refractivity (Wildman–Crippen MR) is 70.2 cm³/mol. The summed E-state index contributed by atoms with van der Waals surface area (Å²) in [7, 11) is 1.46. The Balaban J connectivity index is 2.24. The topological polar surface area (TPSA) is 51.2 Å². The van der Waals surface area contributed by atoms with E-state index < -0.39 is 11.9 Å². The van der Waals surface area contributed by atoms with Crippen LogP contribution in [0.1, 0.15) is 10.4 Å². The van der Waals surface area contributed by atoms with Gasteiger partial charge in [0.1, 0.15) is 5.75 Å². The fourth-order valence-corrected chi connectivity index (χ4v) is 1.68. The highest BCUT2D eigenvalue weighted by Crippen LogP contribution is 2.23. The quantitative estimate of drug-likeness (QED) is 0.879. The van der Waals surface area contributed by atoms with Crippen LogP contribution in [0.15, 0.2) is 36.5 Å². The van der Waals surface area contributed by atoms with E-state index in [-0.39, 0.29) is 0 Å². The van der Waals surface area contributed by atoms with E-state index in [0.29, 0.717) is 22.0 Å². The average Bonchev–Trinajstić information content (AvgIpc) is 2.41. The van der Waals surface area contributed by atoms with Crippen molar-refractivity contribution in [1.29, 1.82) is 0 Å². The van der Waals surface area contributed by atoms with E-state index in [1.54, 1.807) is 12.1 Å². The molecular weight excluding hydrogens is 271 g/mol. The minimum atomic E-state index is -0.613. The Labute approximate surface area is 114 Å². The number of benzene rings is 1. The molecule has 1 N–H and O–H groups in total. The van der Waals surface area contributed by atoms with E-state index in [2.05, 4.69) is 10.3 Å². The first-order chi connectivity index (χ1) is 9.10. The normalized spacial score (nSPS) is 10.1. The molecule has 0 saturated heterocycles. The third-order valence-corrected chi connectivity index (χ3v) is 2.63. The minimum absolute atomic E-state index is 0.291. The van der Waals surface area contributed by atoms with Crippen LogP contribution in [0.3, 0.4) is 0 Å². The van der Waals surface area contributed by atoms with Crippen molar-refractivity contribution in [1.82, 2.24) is 4.98 Å². The molecule has 0 aliphatic heterocycles. The van der Waals surface area contributed by atoms with Crippen molar-refractivity contribution in [2.24, 2.45) is 0 Å². The van der Waals surface area contributed by atoms with E-state index >= 15 is 0 Å². The Morgan fingerprint density at radius 2 is 2.16 bits per heavy atom. The number of aromatic nitrogens is 1. The molecule has 0 bridgehead atoms. The summed E-state index contributed by atoms with van der Waals surface area (Å²) < 4.78 is 17.7. The molecular formula is C13H10ClFN2O2. The summed E-state index contributed by atoms with van der Waals surface area (Å²) in [5, 5.41) is 3.00. The van der Waals surface area contributed by atoms with Crippen molar-refractivity contribution >= 4 is 23.2 Å². The summed E-state index contributed by atoms with van der Waals surface area (Å²) in [5.74, 6) is -0.622. The summed E-state index contributed by atoms with van der Waals surface area (Å²) in [4.78, 5) is 15.5. The van der Waals surface area contributed by atoms with Crippen molar-refractivity contribution in [3.8, 4) is 5.75 Å². The average molecular weight is 281 g/mol. The second kappa shape index (κ2) is 5.67. The molecule has 1 amide bonds. The molecule has 0 atom stereocenters. The highest BCUT2D eigenvalue weighted by Gasteiger charge is 2.13. The molecule has 1 aromatic heterocycles. The lowest BCUT2D eigenvalue weighted by Crippen LogP contribution is -2.13. The molecule has 1 aromatic carbocycles. The van der Waals surface area contributed by atoms with E-state index in [0.717, 1.165) is 6.07 Å². The van der Waals surface area contributed by atoms with Crippen molar-refractivity contribution in [3.05, 3.63) is 53.1 Å². The molecule has 6 heteroatoms. The maximum absolute atomic E-state index is 12.7. The summed E-state index contributed by atoms with van der Waals surface area (Å²) in [6.07, 6.45) is 1.23. The van der Waals surface area contributed by atoms with E-state index in [9.17, 15) is 9.18 Å². The summed E-state index contributed by atoms with van der Waals surface area (Å²) in [6.45, 7) is 0. The minimum Gasteiger partial charge on any atom is -0.496 e. The molecule has 0 radical (unpaired) electrons. The maximum atomic E-state index is 12.7. The molecule has 0 fully saturated rings. The highest BCUT2D eigenvalue weighted by atomic mass is 35.5. The highest BCUT2D eigenvalue weighted by molar-refractivity contribution is 6.31. The molecule has 19 heavy (non-hydrogen) atoms. The lowest BCUT2D eigenvalue weighted by molar-refractivity contribution is 0.102. The number of methoxy groups -OCH3 is 1. The number of hydrogen-bond acceptors (Lipinski definition) is 3. The lowest BCUT2D eigenvalue weighted by atomic mass is 10.2. The van der Waals surface area contributed by atoms with Gasteiger partial charge < -0.3 is 10.1 Å². The van der Waals surface area contributed by atoms with Crippen LogP contribution >= 0.6 is 11.6 Å². The van der Waals surface area contributed by atoms with E-state index in [1.165, 1.54) is 25.4 Å². The standard InChI is InChI=1S/C13H10ClFN2O2/c1-19-11-4-2-8(14)6-10(11)13(18)17-9-3-5-12(15)16-7-9/h2-7H,1H3,(H,17,18). The molecule has 0 saturated carbocycles. The number of anilines is 1. The van der Waals surface area contributed by atoms with Crippen molar-refractivity contribution in [3.63, 3.8) is 0 Å². The van der Waals surface area contributed by atoms with Gasteiger partial charge in [-0.2, -0.15) is 4.39 Å². The van der Waals surface area contributed by atoms with Gasteiger partial charge in [-0.25, -0.2) is 4.98 Å². The smallest absolute Gasteiger partial charge is 0.259 e. The first kappa shape index (κ1) is 13.3. The van der Waals surface area contributed by atoms with E-state index in [1.807, 2.05) is 0 Å². The summed E-state index contributed by atoms with van der Waals surface area (Å²) in [5.41, 5.74) is 0.674. The number of pyridine rings is 1. The summed E-state index contributed by atoms with van der Waals surface area (Å²) in [6, 6.07) is 7.28. The molecule has 98 valence electrons. The number of nitrogens with zero attached hydrogens (tertiary/aromatic N) is 1. The van der Waals surface area contributed by atoms with Gasteiger partial charge in [0.15, 0.2) is 0 Å². The number of ether oxygens (including phenoxy) is 1. The van der Waals surface area contributed by atoms with Crippen LogP contribution in [0.5, 0.6) is 5.75 Å². The fourth-order valence-electron chi connectivity index (χ4n) is 1.51. The Morgan fingerprint density at radius 1 is 1.37 bits per heavy atom. The van der Waals surface area contributed by atoms with Crippen molar-refractivity contribution in [2.75, 3.05) is 12.4 Å². The van der Waals surface area contributed by atoms with Crippen LogP contribution < -0.4 is 10.1 Å². The zero-order valence-corrected chi connectivity index (χ0v) is 10.7. The number of amides is 1. The molecule has 1 heterocycles. The van der Waals surface area contributed by atoms with Gasteiger partial charge in [0.05, 0.1) is 24.6 Å². The summed E-state index contributed by atoms with van der Waals surface area (Å²) >= 11 is 5.84. The third-order valence-electron chi connectivity index (χ3n) is 2.39. The van der Waals surface area contributed by atoms with Gasteiger partial charge in [0, 0.05) is 5.02 Å². The van der Waals surface area contributed by atoms with Crippen LogP contribution in [0.4, 0.5) is 10.1 Å². The molecule has 0 unspecified atom stereocenters. The van der Waals surface area contributed by atoms with Gasteiger partial charge in [-0.3, -0.25) is 4.79 Å². The van der Waals surface area contributed by atoms with Crippen molar-refractivity contribution in [2.45, 2.75) is 0 Å². The Bertz CT molecular complexity index is 602. The van der Waals surface area contributed by atoms with Crippen LogP contribution in [-0.4, -0.2) is 18.0 Å². The first-order valence-electron chi connectivity index (χ1n) is 5.36. The van der Waals surface area contributed by atoms with E-state index in [4.69, 9.17) is 16.3 Å². The Morgan fingerprint density at radius 3 is 2.79 bits per heavy atom. The SMILES string of the molecule is COc1ccc(Cl)cc1C(=O)Nc1ccc(F)nc1. The number of rotatable bonds is 3. The van der Waals surface area contributed by atoms with Crippen LogP contribution in [0, 0.1) is 5.95 Å². The molecule has 0 spiro atoms. The zero-order valence-electron chi connectivity index (χ0n) is 9.98. The second-order valence-corrected chi connectivity index (χ2v) is 4.10. The molecule has 2 aromatic rings. The van der Waals surface area contributed by atoms with Gasteiger partial charge in [-0.15, -0.1) is 0 Å². The molecule has 4 nitrogen and oxygen atoms in total. The number of carbonyl (C=O) groups is 1. The van der Waals surface area contributed by atoms with Crippen LogP contribution in [-0.2, 0) is 0 Å². The van der Waals surface area contributed by atoms with Gasteiger partial charge >= 0.3 is 0 Å². The predicted octanol–water partition coefficient (Wildman–Crippen LogP) is 3.14. The molecule has 0 aliphatic rings. The fraction of sp³-hybridized carbons (Fsp3) is 0.0769. The largest absolute Gasteiger partial charge is 0.496 e. The lowest BCUT2D eigenvalue weighted by Gasteiger charge is -2.09. The van der Waals surface area contributed by atoms with Crippen LogP contribution in [0.25, 0.3) is 0 Å². The second-order valence-electron chi connectivity index (χ2n) is 3.67. The number of halogens is 2. The number of nitrogens with one attached hydrogen (secondary N) is 1. The maximum Gasteiger partial charge on any atom is 0.259 e. The number of hydrogen-bond donors (Lipinski definition) is 1. The monoisotopic (exact) mass is 280 g/mol. The van der Waals surface area contributed by atoms with Gasteiger partial charge in [-0.1, -0.05) is 11.6 Å². The Hall–Kier alpha value is -2.14. The van der Waals surface area contributed by atoms with Gasteiger partial charge in [0.25, 0.3) is 5.91 Å². The molecule has 2 rings (SSSR count). The Kier molecular flexibility index (Phi) is 3.97. The van der Waals surface area contributed by atoms with Crippen LogP contribution in [0.2, 0.25) is 5.02 Å². The first-order valence-corrected chi connectivity index (χ1v) is 5.74. The van der Waals surface area contributed by atoms with Crippen molar-refractivity contribution < 1.29 is 13.9 Å². The molecule has 0 aliphatic carbocycles. The zero-order chi connectivity index (χ0) is 13.8. The number of carbonyl (C=O) groups excluding carboxylic acids is 1. The third kappa shape index (κ3) is 3.20.